The van der Waals surface area contributed by atoms with Gasteiger partial charge in [-0.25, -0.2) is 0 Å². The molecule has 1 aromatic heterocycles. The second-order valence-corrected chi connectivity index (χ2v) is 7.10. The topological polar surface area (TPSA) is 88.4 Å². The van der Waals surface area contributed by atoms with Crippen molar-refractivity contribution in [1.29, 1.82) is 0 Å². The lowest BCUT2D eigenvalue weighted by Crippen LogP contribution is -2.40. The Labute approximate surface area is 163 Å². The summed E-state index contributed by atoms with van der Waals surface area (Å²) < 4.78 is 2.54. The summed E-state index contributed by atoms with van der Waals surface area (Å²) in [7, 11) is 0. The Balaban J connectivity index is 2.14. The lowest BCUT2D eigenvalue weighted by Gasteiger charge is -2.15. The maximum absolute atomic E-state index is 12.8. The minimum Gasteiger partial charge on any atom is -0.480 e. The molecule has 0 radical (unpaired) electrons. The van der Waals surface area contributed by atoms with Gasteiger partial charge in [-0.05, 0) is 30.7 Å². The minimum atomic E-state index is -1.17. The molecule has 1 amide bonds. The minimum absolute atomic E-state index is 0.0929. The number of rotatable bonds is 5. The van der Waals surface area contributed by atoms with Gasteiger partial charge in [-0.3, -0.25) is 14.4 Å². The van der Waals surface area contributed by atoms with E-state index in [0.717, 1.165) is 10.0 Å². The number of benzene rings is 2. The van der Waals surface area contributed by atoms with E-state index in [1.807, 2.05) is 47.0 Å². The third kappa shape index (κ3) is 4.09. The molecule has 0 saturated carbocycles. The fourth-order valence-corrected chi connectivity index (χ4v) is 3.14. The van der Waals surface area contributed by atoms with E-state index in [1.165, 1.54) is 13.1 Å². The van der Waals surface area contributed by atoms with E-state index < -0.39 is 23.3 Å². The standard InChI is InChI=1S/C20H17BrN2O4/c1-12(20(26)27)22-19(25)16-11-23(10-13-5-3-2-4-6-13)17-8-7-14(21)9-15(17)18(16)24/h2-9,11-12H,10H2,1H3,(H,22,25)(H,26,27). The van der Waals surface area contributed by atoms with Gasteiger partial charge < -0.3 is 15.0 Å². The van der Waals surface area contributed by atoms with Crippen molar-refractivity contribution < 1.29 is 14.7 Å². The Hall–Kier alpha value is -2.93. The summed E-state index contributed by atoms with van der Waals surface area (Å²) in [6.07, 6.45) is 1.48. The molecule has 0 fully saturated rings. The normalized spacial score (nSPS) is 11.9. The van der Waals surface area contributed by atoms with Crippen LogP contribution in [0.25, 0.3) is 10.9 Å². The molecule has 0 aliphatic carbocycles. The smallest absolute Gasteiger partial charge is 0.325 e. The largest absolute Gasteiger partial charge is 0.480 e. The number of halogens is 1. The molecule has 2 N–H and O–H groups in total. The van der Waals surface area contributed by atoms with E-state index in [9.17, 15) is 14.4 Å². The van der Waals surface area contributed by atoms with Crippen LogP contribution in [0.4, 0.5) is 0 Å². The van der Waals surface area contributed by atoms with E-state index in [1.54, 1.807) is 6.07 Å². The number of amides is 1. The summed E-state index contributed by atoms with van der Waals surface area (Å²) >= 11 is 3.35. The van der Waals surface area contributed by atoms with Crippen LogP contribution in [0.2, 0.25) is 0 Å². The Morgan fingerprint density at radius 2 is 1.89 bits per heavy atom. The van der Waals surface area contributed by atoms with Crippen molar-refractivity contribution in [3.05, 3.63) is 80.6 Å². The highest BCUT2D eigenvalue weighted by Crippen LogP contribution is 2.19. The van der Waals surface area contributed by atoms with Gasteiger partial charge in [0.2, 0.25) is 5.43 Å². The van der Waals surface area contributed by atoms with E-state index in [-0.39, 0.29) is 5.56 Å². The number of aliphatic carboxylic acids is 1. The van der Waals surface area contributed by atoms with Crippen molar-refractivity contribution in [2.24, 2.45) is 0 Å². The Kier molecular flexibility index (Phi) is 5.41. The first-order valence-electron chi connectivity index (χ1n) is 8.27. The predicted molar refractivity (Wildman–Crippen MR) is 106 cm³/mol. The summed E-state index contributed by atoms with van der Waals surface area (Å²) in [5.74, 6) is -1.88. The molecule has 0 aliphatic heterocycles. The molecule has 2 aromatic carbocycles. The first-order chi connectivity index (χ1) is 12.9. The van der Waals surface area contributed by atoms with Gasteiger partial charge in [-0.15, -0.1) is 0 Å². The van der Waals surface area contributed by atoms with E-state index in [2.05, 4.69) is 21.2 Å². The van der Waals surface area contributed by atoms with Crippen LogP contribution in [0.3, 0.4) is 0 Å². The van der Waals surface area contributed by atoms with Crippen LogP contribution in [0.1, 0.15) is 22.8 Å². The molecule has 1 atom stereocenters. The number of carbonyl (C=O) groups is 2. The van der Waals surface area contributed by atoms with Crippen molar-refractivity contribution in [2.75, 3.05) is 0 Å². The molecule has 6 nitrogen and oxygen atoms in total. The lowest BCUT2D eigenvalue weighted by atomic mass is 10.1. The van der Waals surface area contributed by atoms with Crippen molar-refractivity contribution >= 4 is 38.7 Å². The lowest BCUT2D eigenvalue weighted by molar-refractivity contribution is -0.138. The van der Waals surface area contributed by atoms with Gasteiger partial charge in [0.1, 0.15) is 11.6 Å². The maximum Gasteiger partial charge on any atom is 0.325 e. The molecule has 138 valence electrons. The molecule has 7 heteroatoms. The van der Waals surface area contributed by atoms with Gasteiger partial charge in [-0.1, -0.05) is 46.3 Å². The summed E-state index contributed by atoms with van der Waals surface area (Å²) in [5, 5.41) is 11.7. The number of carboxylic acids is 1. The average Bonchev–Trinajstić information content (AvgIpc) is 2.64. The fourth-order valence-electron chi connectivity index (χ4n) is 2.78. The molecule has 0 saturated heterocycles. The number of carboxylic acid groups (broad SMARTS) is 1. The molecule has 1 heterocycles. The van der Waals surface area contributed by atoms with Crippen molar-refractivity contribution in [1.82, 2.24) is 9.88 Å². The Morgan fingerprint density at radius 1 is 1.19 bits per heavy atom. The quantitative estimate of drug-likeness (QED) is 0.653. The second kappa shape index (κ2) is 7.75. The van der Waals surface area contributed by atoms with Crippen LogP contribution >= 0.6 is 15.9 Å². The number of hydrogen-bond acceptors (Lipinski definition) is 3. The van der Waals surface area contributed by atoms with Crippen LogP contribution in [-0.4, -0.2) is 27.6 Å². The summed E-state index contributed by atoms with van der Waals surface area (Å²) in [6, 6.07) is 13.9. The molecule has 0 bridgehead atoms. The second-order valence-electron chi connectivity index (χ2n) is 6.18. The number of nitrogens with zero attached hydrogens (tertiary/aromatic N) is 1. The SMILES string of the molecule is CC(NC(=O)c1cn(Cc2ccccc2)c2ccc(Br)cc2c1=O)C(=O)O. The van der Waals surface area contributed by atoms with Gasteiger partial charge in [-0.2, -0.15) is 0 Å². The molecule has 3 rings (SSSR count). The maximum atomic E-state index is 12.8. The Bertz CT molecular complexity index is 1080. The van der Waals surface area contributed by atoms with Crippen molar-refractivity contribution in [3.63, 3.8) is 0 Å². The summed E-state index contributed by atoms with van der Waals surface area (Å²) in [6.45, 7) is 1.81. The molecular weight excluding hydrogens is 412 g/mol. The first kappa shape index (κ1) is 18.8. The third-order valence-electron chi connectivity index (χ3n) is 4.20. The zero-order valence-corrected chi connectivity index (χ0v) is 16.1. The molecule has 1 unspecified atom stereocenters. The molecule has 27 heavy (non-hydrogen) atoms. The van der Waals surface area contributed by atoms with E-state index >= 15 is 0 Å². The van der Waals surface area contributed by atoms with Crippen LogP contribution in [0.15, 0.2) is 64.0 Å². The zero-order chi connectivity index (χ0) is 19.6. The van der Waals surface area contributed by atoms with Gasteiger partial charge in [0.05, 0.1) is 5.52 Å². The molecular formula is C20H17BrN2O4. The highest BCUT2D eigenvalue weighted by atomic mass is 79.9. The van der Waals surface area contributed by atoms with Gasteiger partial charge >= 0.3 is 5.97 Å². The highest BCUT2D eigenvalue weighted by molar-refractivity contribution is 9.10. The molecule has 3 aromatic rings. The number of nitrogens with one attached hydrogen (secondary N) is 1. The number of fused-ring (bicyclic) bond motifs is 1. The van der Waals surface area contributed by atoms with E-state index in [4.69, 9.17) is 5.11 Å². The summed E-state index contributed by atoms with van der Waals surface area (Å²) in [5.41, 5.74) is 1.17. The van der Waals surface area contributed by atoms with Crippen LogP contribution in [0.5, 0.6) is 0 Å². The van der Waals surface area contributed by atoms with E-state index in [0.29, 0.717) is 17.4 Å². The number of hydrogen-bond donors (Lipinski definition) is 2. The fraction of sp³-hybridized carbons (Fsp3) is 0.150. The van der Waals surface area contributed by atoms with Gasteiger partial charge in [0, 0.05) is 22.6 Å². The monoisotopic (exact) mass is 428 g/mol. The first-order valence-corrected chi connectivity index (χ1v) is 9.06. The third-order valence-corrected chi connectivity index (χ3v) is 4.69. The highest BCUT2D eigenvalue weighted by Gasteiger charge is 2.20. The zero-order valence-electron chi connectivity index (χ0n) is 14.5. The molecule has 0 spiro atoms. The Morgan fingerprint density at radius 3 is 2.56 bits per heavy atom. The predicted octanol–water partition coefficient (Wildman–Crippen LogP) is 3.02. The van der Waals surface area contributed by atoms with Crippen LogP contribution in [0, 0.1) is 0 Å². The van der Waals surface area contributed by atoms with Crippen molar-refractivity contribution in [3.8, 4) is 0 Å². The van der Waals surface area contributed by atoms with Gasteiger partial charge in [0.25, 0.3) is 5.91 Å². The number of aromatic nitrogens is 1. The van der Waals surface area contributed by atoms with Crippen molar-refractivity contribution in [2.45, 2.75) is 19.5 Å². The summed E-state index contributed by atoms with van der Waals surface area (Å²) in [4.78, 5) is 36.4. The number of carbonyl (C=O) groups excluding carboxylic acids is 1. The van der Waals surface area contributed by atoms with Gasteiger partial charge in [0.15, 0.2) is 0 Å². The van der Waals surface area contributed by atoms with Crippen LogP contribution < -0.4 is 10.7 Å². The van der Waals surface area contributed by atoms with Crippen LogP contribution in [-0.2, 0) is 11.3 Å². The average molecular weight is 429 g/mol. The molecule has 0 aliphatic rings. The number of pyridine rings is 1.